The van der Waals surface area contributed by atoms with Crippen LogP contribution in [0.2, 0.25) is 0 Å². The number of tetrazole rings is 1. The monoisotopic (exact) mass is 384 g/mol. The molecule has 1 aliphatic heterocycles. The van der Waals surface area contributed by atoms with Gasteiger partial charge < -0.3 is 14.5 Å². The highest BCUT2D eigenvalue weighted by Crippen LogP contribution is 2.21. The molecule has 0 spiro atoms. The van der Waals surface area contributed by atoms with Crippen molar-refractivity contribution in [2.24, 2.45) is 0 Å². The van der Waals surface area contributed by atoms with E-state index in [9.17, 15) is 4.79 Å². The predicted octanol–water partition coefficient (Wildman–Crippen LogP) is 1.50. The lowest BCUT2D eigenvalue weighted by Gasteiger charge is -2.36. The average molecular weight is 384 g/mol. The molecule has 0 saturated carbocycles. The summed E-state index contributed by atoms with van der Waals surface area (Å²) in [4.78, 5) is 21.0. The summed E-state index contributed by atoms with van der Waals surface area (Å²) >= 11 is 0. The molecule has 0 unspecified atom stereocenters. The van der Waals surface area contributed by atoms with Crippen LogP contribution in [-0.2, 0) is 11.2 Å². The number of fused-ring (bicyclic) bond motifs is 1. The highest BCUT2D eigenvalue weighted by molar-refractivity contribution is 5.68. The number of anilines is 1. The van der Waals surface area contributed by atoms with Gasteiger partial charge in [0, 0.05) is 32.4 Å². The Balaban J connectivity index is 1.47. The molecule has 3 aromatic heterocycles. The molecule has 10 nitrogen and oxygen atoms in total. The van der Waals surface area contributed by atoms with E-state index in [0.717, 1.165) is 30.2 Å². The number of aromatic nitrogens is 6. The number of imidazole rings is 1. The summed E-state index contributed by atoms with van der Waals surface area (Å²) in [5.74, 6) is 1.66. The zero-order chi connectivity index (χ0) is 19.7. The standard InChI is InChI=1S/C18H24N8O2/c1-18(2,3)28-17(27)25-9-7-24(8-10-25)16-6-4-5-15-19-13(12-26(15)16)11-14-20-22-23-21-14/h4-6,12H,7-11H2,1-3H3,(H,20,21,22,23). The highest BCUT2D eigenvalue weighted by Gasteiger charge is 2.26. The Morgan fingerprint density at radius 2 is 2.00 bits per heavy atom. The Morgan fingerprint density at radius 3 is 2.68 bits per heavy atom. The molecule has 4 heterocycles. The van der Waals surface area contributed by atoms with Crippen LogP contribution in [0.5, 0.6) is 0 Å². The number of pyridine rings is 1. The smallest absolute Gasteiger partial charge is 0.410 e. The number of rotatable bonds is 3. The first-order valence-corrected chi connectivity index (χ1v) is 9.31. The van der Waals surface area contributed by atoms with E-state index < -0.39 is 5.60 Å². The van der Waals surface area contributed by atoms with E-state index in [2.05, 4.69) is 41.0 Å². The Hall–Kier alpha value is -3.17. The van der Waals surface area contributed by atoms with E-state index in [1.165, 1.54) is 0 Å². The Morgan fingerprint density at radius 1 is 1.21 bits per heavy atom. The van der Waals surface area contributed by atoms with Crippen molar-refractivity contribution in [1.29, 1.82) is 0 Å². The number of carbonyl (C=O) groups is 1. The number of nitrogens with zero attached hydrogens (tertiary/aromatic N) is 7. The van der Waals surface area contributed by atoms with Crippen LogP contribution in [0, 0.1) is 0 Å². The summed E-state index contributed by atoms with van der Waals surface area (Å²) in [6.07, 6.45) is 2.26. The molecule has 4 rings (SSSR count). The second-order valence-corrected chi connectivity index (χ2v) is 7.80. The maximum atomic E-state index is 12.3. The van der Waals surface area contributed by atoms with E-state index in [0.29, 0.717) is 25.3 Å². The van der Waals surface area contributed by atoms with E-state index in [4.69, 9.17) is 4.74 Å². The third-order valence-electron chi connectivity index (χ3n) is 4.50. The van der Waals surface area contributed by atoms with Gasteiger partial charge in [-0.2, -0.15) is 5.21 Å². The SMILES string of the molecule is CC(C)(C)OC(=O)N1CCN(c2cccc3nc(Cc4nn[nH]n4)cn23)CC1. The first kappa shape index (κ1) is 18.2. The highest BCUT2D eigenvalue weighted by atomic mass is 16.6. The molecule has 148 valence electrons. The lowest BCUT2D eigenvalue weighted by molar-refractivity contribution is 0.0240. The fraction of sp³-hybridized carbons (Fsp3) is 0.500. The van der Waals surface area contributed by atoms with Gasteiger partial charge in [0.1, 0.15) is 17.1 Å². The summed E-state index contributed by atoms with van der Waals surface area (Å²) in [6.45, 7) is 8.35. The molecule has 28 heavy (non-hydrogen) atoms. The minimum atomic E-state index is -0.480. The predicted molar refractivity (Wildman–Crippen MR) is 102 cm³/mol. The molecule has 0 aromatic carbocycles. The Labute approximate surface area is 162 Å². The third-order valence-corrected chi connectivity index (χ3v) is 4.50. The van der Waals surface area contributed by atoms with Gasteiger partial charge in [-0.15, -0.1) is 10.2 Å². The van der Waals surface area contributed by atoms with Gasteiger partial charge in [-0.05, 0) is 32.9 Å². The maximum Gasteiger partial charge on any atom is 0.410 e. The van der Waals surface area contributed by atoms with Gasteiger partial charge in [0.25, 0.3) is 0 Å². The normalized spacial score (nSPS) is 15.2. The summed E-state index contributed by atoms with van der Waals surface area (Å²) < 4.78 is 7.54. The van der Waals surface area contributed by atoms with E-state index in [1.54, 1.807) is 4.90 Å². The van der Waals surface area contributed by atoms with Crippen LogP contribution in [0.3, 0.4) is 0 Å². The molecule has 1 amide bonds. The van der Waals surface area contributed by atoms with Crippen LogP contribution in [0.1, 0.15) is 32.3 Å². The number of amides is 1. The first-order valence-electron chi connectivity index (χ1n) is 9.31. The molecule has 1 saturated heterocycles. The van der Waals surface area contributed by atoms with Gasteiger partial charge in [-0.3, -0.25) is 4.40 Å². The van der Waals surface area contributed by atoms with Gasteiger partial charge >= 0.3 is 6.09 Å². The number of hydrogen-bond acceptors (Lipinski definition) is 7. The summed E-state index contributed by atoms with van der Waals surface area (Å²) in [6, 6.07) is 6.03. The van der Waals surface area contributed by atoms with Crippen molar-refractivity contribution in [3.63, 3.8) is 0 Å². The summed E-state index contributed by atoms with van der Waals surface area (Å²) in [7, 11) is 0. The Bertz CT molecular complexity index is 952. The van der Waals surface area contributed by atoms with Crippen molar-refractivity contribution in [2.45, 2.75) is 32.8 Å². The topological polar surface area (TPSA) is 105 Å². The summed E-state index contributed by atoms with van der Waals surface area (Å²) in [5, 5.41) is 14.0. The molecule has 1 N–H and O–H groups in total. The zero-order valence-corrected chi connectivity index (χ0v) is 16.3. The lowest BCUT2D eigenvalue weighted by Crippen LogP contribution is -2.50. The van der Waals surface area contributed by atoms with E-state index in [-0.39, 0.29) is 6.09 Å². The number of carbonyl (C=O) groups excluding carboxylic acids is 1. The largest absolute Gasteiger partial charge is 0.444 e. The van der Waals surface area contributed by atoms with Crippen molar-refractivity contribution < 1.29 is 9.53 Å². The molecule has 3 aromatic rings. The van der Waals surface area contributed by atoms with Crippen molar-refractivity contribution in [3.8, 4) is 0 Å². The van der Waals surface area contributed by atoms with Crippen LogP contribution in [0.4, 0.5) is 10.6 Å². The lowest BCUT2D eigenvalue weighted by atomic mass is 10.2. The molecule has 1 aliphatic rings. The van der Waals surface area contributed by atoms with Crippen LogP contribution in [0.15, 0.2) is 24.4 Å². The second-order valence-electron chi connectivity index (χ2n) is 7.80. The van der Waals surface area contributed by atoms with E-state index in [1.807, 2.05) is 39.1 Å². The van der Waals surface area contributed by atoms with Gasteiger partial charge in [0.2, 0.25) is 0 Å². The zero-order valence-electron chi connectivity index (χ0n) is 16.3. The maximum absolute atomic E-state index is 12.3. The van der Waals surface area contributed by atoms with Crippen molar-refractivity contribution in [3.05, 3.63) is 35.9 Å². The molecular formula is C18H24N8O2. The summed E-state index contributed by atoms with van der Waals surface area (Å²) in [5.41, 5.74) is 1.26. The fourth-order valence-corrected chi connectivity index (χ4v) is 3.25. The molecule has 0 atom stereocenters. The van der Waals surface area contributed by atoms with Gasteiger partial charge in [-0.1, -0.05) is 11.3 Å². The van der Waals surface area contributed by atoms with Crippen molar-refractivity contribution >= 4 is 17.6 Å². The van der Waals surface area contributed by atoms with Crippen molar-refractivity contribution in [2.75, 3.05) is 31.1 Å². The number of H-pyrrole nitrogens is 1. The number of nitrogens with one attached hydrogen (secondary N) is 1. The molecular weight excluding hydrogens is 360 g/mol. The van der Waals surface area contributed by atoms with E-state index >= 15 is 0 Å². The number of hydrogen-bond donors (Lipinski definition) is 1. The van der Waals surface area contributed by atoms with Gasteiger partial charge in [0.15, 0.2) is 5.82 Å². The number of ether oxygens (including phenoxy) is 1. The second kappa shape index (κ2) is 7.10. The van der Waals surface area contributed by atoms with Gasteiger partial charge in [0.05, 0.1) is 12.1 Å². The average Bonchev–Trinajstić information content (AvgIpc) is 3.29. The number of piperazine rings is 1. The number of aromatic amines is 1. The molecule has 1 fully saturated rings. The van der Waals surface area contributed by atoms with Crippen LogP contribution < -0.4 is 4.90 Å². The fourth-order valence-electron chi connectivity index (χ4n) is 3.25. The molecule has 0 radical (unpaired) electrons. The molecule has 0 aliphatic carbocycles. The quantitative estimate of drug-likeness (QED) is 0.729. The Kier molecular flexibility index (Phi) is 4.62. The van der Waals surface area contributed by atoms with Crippen LogP contribution in [0.25, 0.3) is 5.65 Å². The third kappa shape index (κ3) is 3.90. The van der Waals surface area contributed by atoms with Gasteiger partial charge in [-0.25, -0.2) is 9.78 Å². The minimum Gasteiger partial charge on any atom is -0.444 e. The van der Waals surface area contributed by atoms with Crippen LogP contribution in [-0.4, -0.2) is 72.8 Å². The molecule has 0 bridgehead atoms. The van der Waals surface area contributed by atoms with Crippen LogP contribution >= 0.6 is 0 Å². The molecule has 10 heteroatoms. The first-order chi connectivity index (χ1) is 13.4. The van der Waals surface area contributed by atoms with Crippen molar-refractivity contribution in [1.82, 2.24) is 34.9 Å². The minimum absolute atomic E-state index is 0.254.